The summed E-state index contributed by atoms with van der Waals surface area (Å²) in [6.45, 7) is 2.10. The molecule has 3 aromatic carbocycles. The van der Waals surface area contributed by atoms with Gasteiger partial charge in [-0.3, -0.25) is 4.99 Å². The van der Waals surface area contributed by atoms with E-state index in [0.717, 1.165) is 35.8 Å². The Balaban J connectivity index is 1.35. The van der Waals surface area contributed by atoms with Crippen molar-refractivity contribution in [2.24, 2.45) is 4.99 Å². The van der Waals surface area contributed by atoms with Crippen molar-refractivity contribution in [3.8, 4) is 23.0 Å². The van der Waals surface area contributed by atoms with Crippen molar-refractivity contribution in [3.63, 3.8) is 0 Å². The number of fused-ring (bicyclic) bond motifs is 3. The molecule has 2 aliphatic rings. The number of methoxy groups -OCH3 is 3. The van der Waals surface area contributed by atoms with Crippen LogP contribution in [-0.2, 0) is 6.61 Å². The van der Waals surface area contributed by atoms with Gasteiger partial charge in [0.05, 0.1) is 33.6 Å². The van der Waals surface area contributed by atoms with Crippen molar-refractivity contribution in [1.82, 2.24) is 4.90 Å². The molecule has 0 unspecified atom stereocenters. The van der Waals surface area contributed by atoms with E-state index in [0.29, 0.717) is 23.9 Å². The van der Waals surface area contributed by atoms with Crippen LogP contribution in [0, 0.1) is 0 Å². The van der Waals surface area contributed by atoms with Gasteiger partial charge in [0.1, 0.15) is 18.2 Å². The molecule has 0 radical (unpaired) electrons. The molecule has 0 N–H and O–H groups in total. The SMILES string of the molecule is COc1cc(COc2ccc(C3=Cc4ccccc4C4=NCCN34)cc2)cc(OC)c1OC. The summed E-state index contributed by atoms with van der Waals surface area (Å²) in [5.74, 6) is 3.64. The lowest BCUT2D eigenvalue weighted by molar-refractivity contribution is 0.298. The van der Waals surface area contributed by atoms with Gasteiger partial charge in [0.25, 0.3) is 0 Å². The Kier molecular flexibility index (Phi) is 5.65. The van der Waals surface area contributed by atoms with Crippen LogP contribution in [0.2, 0.25) is 0 Å². The van der Waals surface area contributed by atoms with Crippen molar-refractivity contribution in [3.05, 3.63) is 82.9 Å². The van der Waals surface area contributed by atoms with Gasteiger partial charge in [-0.1, -0.05) is 24.3 Å². The van der Waals surface area contributed by atoms with E-state index >= 15 is 0 Å². The minimum atomic E-state index is 0.384. The first-order chi connectivity index (χ1) is 16.2. The second-order valence-corrected chi connectivity index (χ2v) is 7.82. The minimum absolute atomic E-state index is 0.384. The summed E-state index contributed by atoms with van der Waals surface area (Å²) in [5, 5.41) is 0. The highest BCUT2D eigenvalue weighted by molar-refractivity contribution is 6.12. The van der Waals surface area contributed by atoms with Crippen LogP contribution in [0.3, 0.4) is 0 Å². The second kappa shape index (κ2) is 8.90. The summed E-state index contributed by atoms with van der Waals surface area (Å²) >= 11 is 0. The standard InChI is InChI=1S/C27H26N2O4/c1-30-24-14-18(15-25(31-2)26(24)32-3)17-33-21-10-8-19(9-11-21)23-16-20-6-4-5-7-22(20)27-28-12-13-29(23)27/h4-11,14-16H,12-13,17H2,1-3H3. The third kappa shape index (κ3) is 3.89. The lowest BCUT2D eigenvalue weighted by atomic mass is 9.97. The molecule has 0 bridgehead atoms. The zero-order valence-corrected chi connectivity index (χ0v) is 19.0. The maximum Gasteiger partial charge on any atom is 0.203 e. The topological polar surface area (TPSA) is 52.5 Å². The van der Waals surface area contributed by atoms with E-state index < -0.39 is 0 Å². The van der Waals surface area contributed by atoms with Crippen LogP contribution < -0.4 is 18.9 Å². The lowest BCUT2D eigenvalue weighted by Gasteiger charge is -2.29. The Morgan fingerprint density at radius 2 is 1.61 bits per heavy atom. The van der Waals surface area contributed by atoms with E-state index in [2.05, 4.69) is 47.4 Å². The fourth-order valence-corrected chi connectivity index (χ4v) is 4.31. The zero-order valence-electron chi connectivity index (χ0n) is 19.0. The molecule has 0 spiro atoms. The number of ether oxygens (including phenoxy) is 4. The molecule has 6 nitrogen and oxygen atoms in total. The van der Waals surface area contributed by atoms with Crippen molar-refractivity contribution < 1.29 is 18.9 Å². The molecule has 6 heteroatoms. The fourth-order valence-electron chi connectivity index (χ4n) is 4.31. The van der Waals surface area contributed by atoms with Crippen molar-refractivity contribution in [2.75, 3.05) is 34.4 Å². The van der Waals surface area contributed by atoms with E-state index in [9.17, 15) is 0 Å². The summed E-state index contributed by atoms with van der Waals surface area (Å²) in [7, 11) is 4.81. The van der Waals surface area contributed by atoms with Gasteiger partial charge >= 0.3 is 0 Å². The Hall–Kier alpha value is -3.93. The molecule has 0 aliphatic carbocycles. The van der Waals surface area contributed by atoms with E-state index in [-0.39, 0.29) is 0 Å². The summed E-state index contributed by atoms with van der Waals surface area (Å²) in [4.78, 5) is 7.04. The first kappa shape index (κ1) is 20.9. The Bertz CT molecular complexity index is 1210. The van der Waals surface area contributed by atoms with Gasteiger partial charge in [0.2, 0.25) is 5.75 Å². The number of hydrogen-bond donors (Lipinski definition) is 0. The number of hydrogen-bond acceptors (Lipinski definition) is 6. The van der Waals surface area contributed by atoms with Gasteiger partial charge < -0.3 is 23.8 Å². The van der Waals surface area contributed by atoms with Gasteiger partial charge in [-0.15, -0.1) is 0 Å². The average Bonchev–Trinajstić information content (AvgIpc) is 3.37. The molecule has 2 heterocycles. The average molecular weight is 443 g/mol. The van der Waals surface area contributed by atoms with Crippen LogP contribution in [0.15, 0.2) is 65.7 Å². The highest BCUT2D eigenvalue weighted by Gasteiger charge is 2.28. The van der Waals surface area contributed by atoms with Crippen LogP contribution in [-0.4, -0.2) is 45.2 Å². The molecular formula is C27H26N2O4. The highest BCUT2D eigenvalue weighted by Crippen LogP contribution is 2.38. The quantitative estimate of drug-likeness (QED) is 0.523. The number of amidine groups is 1. The van der Waals surface area contributed by atoms with Crippen LogP contribution in [0.5, 0.6) is 23.0 Å². The van der Waals surface area contributed by atoms with E-state index in [4.69, 9.17) is 23.9 Å². The second-order valence-electron chi connectivity index (χ2n) is 7.82. The van der Waals surface area contributed by atoms with Crippen LogP contribution in [0.25, 0.3) is 11.8 Å². The third-order valence-electron chi connectivity index (χ3n) is 5.91. The van der Waals surface area contributed by atoms with Gasteiger partial charge in [-0.25, -0.2) is 0 Å². The molecule has 2 aliphatic heterocycles. The third-order valence-corrected chi connectivity index (χ3v) is 5.91. The largest absolute Gasteiger partial charge is 0.493 e. The summed E-state index contributed by atoms with van der Waals surface area (Å²) in [5.41, 5.74) is 5.63. The Labute approximate surface area is 193 Å². The fraction of sp³-hybridized carbons (Fsp3) is 0.222. The number of nitrogens with zero attached hydrogens (tertiary/aromatic N) is 2. The van der Waals surface area contributed by atoms with E-state index in [1.54, 1.807) is 21.3 Å². The molecule has 0 aromatic heterocycles. The molecule has 0 amide bonds. The molecule has 33 heavy (non-hydrogen) atoms. The smallest absolute Gasteiger partial charge is 0.203 e. The van der Waals surface area contributed by atoms with Crippen LogP contribution >= 0.6 is 0 Å². The first-order valence-corrected chi connectivity index (χ1v) is 10.9. The maximum atomic E-state index is 6.04. The number of rotatable bonds is 7. The monoisotopic (exact) mass is 442 g/mol. The van der Waals surface area contributed by atoms with Gasteiger partial charge in [0, 0.05) is 12.1 Å². The van der Waals surface area contributed by atoms with Gasteiger partial charge in [-0.05, 0) is 59.2 Å². The van der Waals surface area contributed by atoms with Gasteiger partial charge in [0.15, 0.2) is 11.5 Å². The van der Waals surface area contributed by atoms with Gasteiger partial charge in [-0.2, -0.15) is 0 Å². The zero-order chi connectivity index (χ0) is 22.8. The Morgan fingerprint density at radius 3 is 2.30 bits per heavy atom. The molecule has 168 valence electrons. The van der Waals surface area contributed by atoms with Crippen LogP contribution in [0.1, 0.15) is 22.3 Å². The molecular weight excluding hydrogens is 416 g/mol. The normalized spacial score (nSPS) is 14.1. The molecule has 0 saturated carbocycles. The maximum absolute atomic E-state index is 6.04. The van der Waals surface area contributed by atoms with E-state index in [1.165, 1.54) is 16.8 Å². The number of aliphatic imine (C=N–C) groups is 1. The van der Waals surface area contributed by atoms with Crippen LogP contribution in [0.4, 0.5) is 0 Å². The van der Waals surface area contributed by atoms with Crippen molar-refractivity contribution >= 4 is 17.6 Å². The Morgan fingerprint density at radius 1 is 0.879 bits per heavy atom. The molecule has 0 saturated heterocycles. The molecule has 5 rings (SSSR count). The highest BCUT2D eigenvalue weighted by atomic mass is 16.5. The van der Waals surface area contributed by atoms with E-state index in [1.807, 2.05) is 24.3 Å². The summed E-state index contributed by atoms with van der Waals surface area (Å²) < 4.78 is 22.3. The summed E-state index contributed by atoms with van der Waals surface area (Å²) in [6.07, 6.45) is 2.24. The lowest BCUT2D eigenvalue weighted by Crippen LogP contribution is -2.30. The number of benzene rings is 3. The predicted molar refractivity (Wildman–Crippen MR) is 129 cm³/mol. The minimum Gasteiger partial charge on any atom is -0.493 e. The van der Waals surface area contributed by atoms with Crippen molar-refractivity contribution in [1.29, 1.82) is 0 Å². The predicted octanol–water partition coefficient (Wildman–Crippen LogP) is 4.87. The molecule has 0 atom stereocenters. The van der Waals surface area contributed by atoms with Crippen molar-refractivity contribution in [2.45, 2.75) is 6.61 Å². The molecule has 3 aromatic rings. The summed E-state index contributed by atoms with van der Waals surface area (Å²) in [6, 6.07) is 20.4. The molecule has 0 fully saturated rings. The first-order valence-electron chi connectivity index (χ1n) is 10.9.